The van der Waals surface area contributed by atoms with Gasteiger partial charge in [0.15, 0.2) is 9.90 Å². The molecular weight excluding hydrogens is 394 g/mol. The van der Waals surface area contributed by atoms with Gasteiger partial charge >= 0.3 is 5.97 Å². The fourth-order valence-electron chi connectivity index (χ4n) is 1.36. The summed E-state index contributed by atoms with van der Waals surface area (Å²) in [5, 5.41) is 8.84. The number of nitrogens with one attached hydrogen (secondary N) is 1. The molecule has 0 aliphatic carbocycles. The fraction of sp³-hybridized carbons (Fsp3) is 0. The highest BCUT2D eigenvalue weighted by Gasteiger charge is 2.27. The van der Waals surface area contributed by atoms with E-state index in [0.717, 1.165) is 11.6 Å². The van der Waals surface area contributed by atoms with Crippen molar-refractivity contribution in [2.75, 3.05) is 4.72 Å². The maximum atomic E-state index is 13.5. The van der Waals surface area contributed by atoms with Gasteiger partial charge in [0.2, 0.25) is 0 Å². The molecule has 11 heteroatoms. The summed E-state index contributed by atoms with van der Waals surface area (Å²) >= 11 is 3.36. The molecule has 0 radical (unpaired) electrons. The summed E-state index contributed by atoms with van der Waals surface area (Å²) < 4.78 is 51.9. The Hall–Kier alpha value is -1.59. The van der Waals surface area contributed by atoms with Crippen molar-refractivity contribution in [3.63, 3.8) is 0 Å². The van der Waals surface area contributed by atoms with Crippen molar-refractivity contribution < 1.29 is 27.1 Å². The zero-order chi connectivity index (χ0) is 15.8. The number of halogens is 3. The third kappa shape index (κ3) is 3.19. The standard InChI is InChI=1S/C10H5BrF2N2O4S2/c11-4-1-7(6(13)2-5(4)12)15-21(18,19)10-8(9(16)17)14-3-20-10/h1-3,15H,(H,16,17). The number of sulfonamides is 1. The van der Waals surface area contributed by atoms with Crippen molar-refractivity contribution in [3.8, 4) is 0 Å². The van der Waals surface area contributed by atoms with Crippen LogP contribution in [-0.2, 0) is 10.0 Å². The Morgan fingerprint density at radius 3 is 2.62 bits per heavy atom. The molecule has 0 atom stereocenters. The van der Waals surface area contributed by atoms with Crippen LogP contribution in [0.2, 0.25) is 0 Å². The van der Waals surface area contributed by atoms with Crippen molar-refractivity contribution in [1.82, 2.24) is 4.98 Å². The molecule has 6 nitrogen and oxygen atoms in total. The highest BCUT2D eigenvalue weighted by molar-refractivity contribution is 9.10. The molecular formula is C10H5BrF2N2O4S2. The quantitative estimate of drug-likeness (QED) is 0.771. The lowest BCUT2D eigenvalue weighted by Gasteiger charge is -2.08. The Balaban J connectivity index is 2.45. The third-order valence-electron chi connectivity index (χ3n) is 2.24. The topological polar surface area (TPSA) is 96.4 Å². The molecule has 0 fully saturated rings. The molecule has 0 unspecified atom stereocenters. The fourth-order valence-corrected chi connectivity index (χ4v) is 3.90. The predicted molar refractivity (Wildman–Crippen MR) is 73.9 cm³/mol. The number of anilines is 1. The van der Waals surface area contributed by atoms with E-state index in [4.69, 9.17) is 5.11 Å². The smallest absolute Gasteiger partial charge is 0.356 e. The molecule has 112 valence electrons. The van der Waals surface area contributed by atoms with Crippen molar-refractivity contribution in [2.24, 2.45) is 0 Å². The first-order valence-electron chi connectivity index (χ1n) is 5.06. The third-order valence-corrected chi connectivity index (χ3v) is 5.58. The summed E-state index contributed by atoms with van der Waals surface area (Å²) in [7, 11) is -4.36. The number of hydrogen-bond donors (Lipinski definition) is 2. The second kappa shape index (κ2) is 5.66. The Morgan fingerprint density at radius 1 is 1.33 bits per heavy atom. The molecule has 0 saturated carbocycles. The maximum absolute atomic E-state index is 13.5. The largest absolute Gasteiger partial charge is 0.476 e. The number of hydrogen-bond acceptors (Lipinski definition) is 5. The minimum absolute atomic E-state index is 0.149. The van der Waals surface area contributed by atoms with E-state index in [-0.39, 0.29) is 4.47 Å². The predicted octanol–water partition coefficient (Wildman–Crippen LogP) is 2.68. The second-order valence-corrected chi connectivity index (χ2v) is 7.23. The van der Waals surface area contributed by atoms with Gasteiger partial charge in [-0.05, 0) is 22.0 Å². The molecule has 0 spiro atoms. The van der Waals surface area contributed by atoms with Gasteiger partial charge in [0, 0.05) is 6.07 Å². The number of carbonyl (C=O) groups is 1. The maximum Gasteiger partial charge on any atom is 0.356 e. The number of nitrogens with zero attached hydrogens (tertiary/aromatic N) is 1. The van der Waals surface area contributed by atoms with Crippen molar-refractivity contribution >= 4 is 48.9 Å². The first-order chi connectivity index (χ1) is 9.72. The van der Waals surface area contributed by atoms with Gasteiger partial charge in [-0.25, -0.2) is 27.0 Å². The summed E-state index contributed by atoms with van der Waals surface area (Å²) in [6, 6.07) is 1.39. The van der Waals surface area contributed by atoms with Gasteiger partial charge in [0.1, 0.15) is 11.6 Å². The normalized spacial score (nSPS) is 11.4. The SMILES string of the molecule is O=C(O)c1ncsc1S(=O)(=O)Nc1cc(Br)c(F)cc1F. The molecule has 0 bridgehead atoms. The minimum atomic E-state index is -4.36. The minimum Gasteiger partial charge on any atom is -0.476 e. The Labute approximate surface area is 129 Å². The van der Waals surface area contributed by atoms with Crippen LogP contribution in [0, 0.1) is 11.6 Å². The van der Waals surface area contributed by atoms with Crippen LogP contribution in [-0.4, -0.2) is 24.5 Å². The lowest BCUT2D eigenvalue weighted by Crippen LogP contribution is -2.16. The van der Waals surface area contributed by atoms with E-state index in [1.807, 2.05) is 4.72 Å². The van der Waals surface area contributed by atoms with Crippen molar-refractivity contribution in [1.29, 1.82) is 0 Å². The highest BCUT2D eigenvalue weighted by atomic mass is 79.9. The Morgan fingerprint density at radius 2 is 2.00 bits per heavy atom. The average molecular weight is 399 g/mol. The van der Waals surface area contributed by atoms with Gasteiger partial charge in [0.05, 0.1) is 15.7 Å². The Bertz CT molecular complexity index is 822. The van der Waals surface area contributed by atoms with Crippen LogP contribution >= 0.6 is 27.3 Å². The monoisotopic (exact) mass is 398 g/mol. The summed E-state index contributed by atoms with van der Waals surface area (Å²) in [5.41, 5.74) is -0.156. The number of aromatic carboxylic acids is 1. The number of aromatic nitrogens is 1. The van der Waals surface area contributed by atoms with Gasteiger partial charge in [-0.2, -0.15) is 0 Å². The van der Waals surface area contributed by atoms with Crippen LogP contribution < -0.4 is 4.72 Å². The van der Waals surface area contributed by atoms with Gasteiger partial charge in [-0.3, -0.25) is 4.72 Å². The van der Waals surface area contributed by atoms with E-state index >= 15 is 0 Å². The van der Waals surface area contributed by atoms with Crippen molar-refractivity contribution in [2.45, 2.75) is 4.21 Å². The lowest BCUT2D eigenvalue weighted by atomic mass is 10.3. The molecule has 21 heavy (non-hydrogen) atoms. The summed E-state index contributed by atoms with van der Waals surface area (Å²) in [6.45, 7) is 0. The van der Waals surface area contributed by atoms with Gasteiger partial charge in [-0.1, -0.05) is 0 Å². The Kier molecular flexibility index (Phi) is 4.25. The number of carboxylic acid groups (broad SMARTS) is 1. The molecule has 0 aliphatic heterocycles. The van der Waals surface area contributed by atoms with E-state index in [9.17, 15) is 22.0 Å². The molecule has 2 aromatic rings. The van der Waals surface area contributed by atoms with E-state index in [0.29, 0.717) is 17.4 Å². The van der Waals surface area contributed by atoms with E-state index in [1.54, 1.807) is 0 Å². The molecule has 1 heterocycles. The van der Waals surface area contributed by atoms with E-state index < -0.39 is 43.2 Å². The summed E-state index contributed by atoms with van der Waals surface area (Å²) in [4.78, 5) is 14.3. The molecule has 2 rings (SSSR count). The molecule has 0 aliphatic rings. The first-order valence-corrected chi connectivity index (χ1v) is 8.22. The molecule has 0 amide bonds. The van der Waals surface area contributed by atoms with Crippen LogP contribution in [0.15, 0.2) is 26.3 Å². The molecule has 2 N–H and O–H groups in total. The molecule has 1 aromatic carbocycles. The number of thiazole rings is 1. The second-order valence-electron chi connectivity index (χ2n) is 3.65. The number of carboxylic acids is 1. The van der Waals surface area contributed by atoms with E-state index in [2.05, 4.69) is 20.9 Å². The van der Waals surface area contributed by atoms with Crippen LogP contribution in [0.3, 0.4) is 0 Å². The van der Waals surface area contributed by atoms with Gasteiger partial charge in [-0.15, -0.1) is 11.3 Å². The summed E-state index contributed by atoms with van der Waals surface area (Å²) in [5.74, 6) is -3.57. The zero-order valence-corrected chi connectivity index (χ0v) is 13.0. The van der Waals surface area contributed by atoms with Crippen LogP contribution in [0.4, 0.5) is 14.5 Å². The van der Waals surface area contributed by atoms with Crippen LogP contribution in [0.1, 0.15) is 10.5 Å². The first kappa shape index (κ1) is 15.8. The van der Waals surface area contributed by atoms with Gasteiger partial charge in [0.25, 0.3) is 10.0 Å². The number of rotatable bonds is 4. The average Bonchev–Trinajstić information content (AvgIpc) is 2.85. The zero-order valence-electron chi connectivity index (χ0n) is 9.80. The summed E-state index contributed by atoms with van der Waals surface area (Å²) in [6.07, 6.45) is 0. The van der Waals surface area contributed by atoms with Crippen molar-refractivity contribution in [3.05, 3.63) is 39.4 Å². The number of benzene rings is 1. The lowest BCUT2D eigenvalue weighted by molar-refractivity contribution is 0.0687. The van der Waals surface area contributed by atoms with Gasteiger partial charge < -0.3 is 5.11 Å². The van der Waals surface area contributed by atoms with Crippen LogP contribution in [0.25, 0.3) is 0 Å². The van der Waals surface area contributed by atoms with E-state index in [1.165, 1.54) is 0 Å². The van der Waals surface area contributed by atoms with Crippen LogP contribution in [0.5, 0.6) is 0 Å². The molecule has 0 saturated heterocycles. The molecule has 1 aromatic heterocycles. The highest BCUT2D eigenvalue weighted by Crippen LogP contribution is 2.28.